The molecule has 5 nitrogen and oxygen atoms in total. The molecule has 1 aliphatic heterocycles. The summed E-state index contributed by atoms with van der Waals surface area (Å²) in [6.07, 6.45) is 0. The van der Waals surface area contributed by atoms with E-state index in [-0.39, 0.29) is 30.5 Å². The molecule has 1 saturated heterocycles. The Morgan fingerprint density at radius 3 is 2.32 bits per heavy atom. The maximum Gasteiger partial charge on any atom is 0.253 e. The largest absolute Gasteiger partial charge is 0.385 e. The summed E-state index contributed by atoms with van der Waals surface area (Å²) in [5.41, 5.74) is 1.57. The molecular weight excluding hydrogens is 264 g/mol. The first kappa shape index (κ1) is 13.9. The van der Waals surface area contributed by atoms with Gasteiger partial charge in [0.25, 0.3) is 5.91 Å². The predicted octanol–water partition coefficient (Wildman–Crippen LogP) is 0.989. The second kappa shape index (κ2) is 5.61. The highest BCUT2D eigenvalue weighted by atomic mass is 32.2. The Balaban J connectivity index is 2.04. The van der Waals surface area contributed by atoms with Gasteiger partial charge in [-0.25, -0.2) is 8.42 Å². The van der Waals surface area contributed by atoms with E-state index in [1.54, 1.807) is 17.0 Å². The van der Waals surface area contributed by atoms with Crippen molar-refractivity contribution in [3.05, 3.63) is 29.8 Å². The minimum absolute atomic E-state index is 0.0637. The fourth-order valence-corrected chi connectivity index (χ4v) is 3.23. The number of carbonyl (C=O) groups is 1. The van der Waals surface area contributed by atoms with E-state index in [0.717, 1.165) is 12.2 Å². The first-order valence-electron chi connectivity index (χ1n) is 6.35. The molecular formula is C13H18N2O3S. The van der Waals surface area contributed by atoms with Crippen molar-refractivity contribution in [3.63, 3.8) is 0 Å². The molecule has 0 bridgehead atoms. The van der Waals surface area contributed by atoms with Gasteiger partial charge in [-0.2, -0.15) is 0 Å². The van der Waals surface area contributed by atoms with Crippen LogP contribution in [-0.2, 0) is 9.84 Å². The highest BCUT2D eigenvalue weighted by Crippen LogP contribution is 2.13. The predicted molar refractivity (Wildman–Crippen MR) is 75.2 cm³/mol. The van der Waals surface area contributed by atoms with Gasteiger partial charge in [-0.3, -0.25) is 4.79 Å². The molecule has 1 amide bonds. The van der Waals surface area contributed by atoms with Crippen molar-refractivity contribution in [1.29, 1.82) is 0 Å². The van der Waals surface area contributed by atoms with E-state index in [1.165, 1.54) is 0 Å². The number of nitrogens with zero attached hydrogens (tertiary/aromatic N) is 1. The molecule has 1 fully saturated rings. The SMILES string of the molecule is CCNc1ccc(C(=O)N2CCS(=O)(=O)CC2)cc1. The Morgan fingerprint density at radius 2 is 1.79 bits per heavy atom. The third-order valence-corrected chi connectivity index (χ3v) is 4.75. The Labute approximate surface area is 113 Å². The molecule has 0 aromatic heterocycles. The number of rotatable bonds is 3. The molecule has 0 saturated carbocycles. The molecule has 1 heterocycles. The minimum Gasteiger partial charge on any atom is -0.385 e. The van der Waals surface area contributed by atoms with Crippen LogP contribution in [0.4, 0.5) is 5.69 Å². The lowest BCUT2D eigenvalue weighted by Crippen LogP contribution is -2.43. The molecule has 1 N–H and O–H groups in total. The van der Waals surface area contributed by atoms with Gasteiger partial charge in [0.1, 0.15) is 0 Å². The fraction of sp³-hybridized carbons (Fsp3) is 0.462. The second-order valence-corrected chi connectivity index (χ2v) is 6.86. The maximum absolute atomic E-state index is 12.2. The van der Waals surface area contributed by atoms with Crippen molar-refractivity contribution in [2.24, 2.45) is 0 Å². The molecule has 1 aromatic carbocycles. The highest BCUT2D eigenvalue weighted by Gasteiger charge is 2.25. The van der Waals surface area contributed by atoms with Gasteiger partial charge in [0.2, 0.25) is 0 Å². The van der Waals surface area contributed by atoms with E-state index >= 15 is 0 Å². The molecule has 0 spiro atoms. The highest BCUT2D eigenvalue weighted by molar-refractivity contribution is 7.91. The standard InChI is InChI=1S/C13H18N2O3S/c1-2-14-12-5-3-11(4-6-12)13(16)15-7-9-19(17,18)10-8-15/h3-6,14H,2,7-10H2,1H3. The topological polar surface area (TPSA) is 66.5 Å². The molecule has 0 radical (unpaired) electrons. The van der Waals surface area contributed by atoms with E-state index in [2.05, 4.69) is 5.32 Å². The van der Waals surface area contributed by atoms with Gasteiger partial charge in [0.15, 0.2) is 9.84 Å². The number of carbonyl (C=O) groups excluding carboxylic acids is 1. The van der Waals surface area contributed by atoms with Crippen molar-refractivity contribution in [3.8, 4) is 0 Å². The van der Waals surface area contributed by atoms with Crippen molar-refractivity contribution in [1.82, 2.24) is 4.90 Å². The summed E-state index contributed by atoms with van der Waals surface area (Å²) in [6.45, 7) is 3.41. The average Bonchev–Trinajstić information content (AvgIpc) is 2.39. The third-order valence-electron chi connectivity index (χ3n) is 3.14. The van der Waals surface area contributed by atoms with Crippen LogP contribution >= 0.6 is 0 Å². The molecule has 2 rings (SSSR count). The minimum atomic E-state index is -2.95. The number of hydrogen-bond acceptors (Lipinski definition) is 4. The molecule has 19 heavy (non-hydrogen) atoms. The van der Waals surface area contributed by atoms with Crippen LogP contribution in [0.25, 0.3) is 0 Å². The number of sulfone groups is 1. The van der Waals surface area contributed by atoms with Gasteiger partial charge < -0.3 is 10.2 Å². The summed E-state index contributed by atoms with van der Waals surface area (Å²) in [6, 6.07) is 7.25. The number of anilines is 1. The summed E-state index contributed by atoms with van der Waals surface area (Å²) < 4.78 is 22.7. The zero-order chi connectivity index (χ0) is 13.9. The van der Waals surface area contributed by atoms with Crippen molar-refractivity contribution in [2.75, 3.05) is 36.5 Å². The van der Waals surface area contributed by atoms with Crippen LogP contribution < -0.4 is 5.32 Å². The smallest absolute Gasteiger partial charge is 0.253 e. The van der Waals surface area contributed by atoms with E-state index in [4.69, 9.17) is 0 Å². The summed E-state index contributed by atoms with van der Waals surface area (Å²) in [5, 5.41) is 3.16. The van der Waals surface area contributed by atoms with Crippen molar-refractivity contribution in [2.45, 2.75) is 6.92 Å². The van der Waals surface area contributed by atoms with Gasteiger partial charge in [0, 0.05) is 30.9 Å². The van der Waals surface area contributed by atoms with Crippen LogP contribution in [0.3, 0.4) is 0 Å². The second-order valence-electron chi connectivity index (χ2n) is 4.55. The van der Waals surface area contributed by atoms with E-state index < -0.39 is 9.84 Å². The Hall–Kier alpha value is -1.56. The lowest BCUT2D eigenvalue weighted by molar-refractivity contribution is 0.0770. The van der Waals surface area contributed by atoms with Crippen LogP contribution in [0, 0.1) is 0 Å². The third kappa shape index (κ3) is 3.47. The molecule has 0 atom stereocenters. The Morgan fingerprint density at radius 1 is 1.21 bits per heavy atom. The molecule has 0 aliphatic carbocycles. The van der Waals surface area contributed by atoms with Gasteiger partial charge in [-0.1, -0.05) is 0 Å². The maximum atomic E-state index is 12.2. The monoisotopic (exact) mass is 282 g/mol. The zero-order valence-corrected chi connectivity index (χ0v) is 11.7. The van der Waals surface area contributed by atoms with Gasteiger partial charge in [-0.05, 0) is 31.2 Å². The Bertz CT molecular complexity index is 538. The summed E-state index contributed by atoms with van der Waals surface area (Å²) >= 11 is 0. The summed E-state index contributed by atoms with van der Waals surface area (Å²) in [5.74, 6) is 0.0283. The van der Waals surface area contributed by atoms with E-state index in [1.807, 2.05) is 19.1 Å². The normalized spacial score (nSPS) is 18.1. The molecule has 1 aliphatic rings. The van der Waals surface area contributed by atoms with Crippen molar-refractivity contribution >= 4 is 21.4 Å². The Kier molecular flexibility index (Phi) is 4.09. The zero-order valence-electron chi connectivity index (χ0n) is 10.9. The van der Waals surface area contributed by atoms with Crippen LogP contribution in [-0.4, -0.2) is 50.4 Å². The van der Waals surface area contributed by atoms with Gasteiger partial charge >= 0.3 is 0 Å². The average molecular weight is 282 g/mol. The molecule has 6 heteroatoms. The molecule has 1 aromatic rings. The fourth-order valence-electron chi connectivity index (χ4n) is 2.03. The van der Waals surface area contributed by atoms with E-state index in [0.29, 0.717) is 5.56 Å². The van der Waals surface area contributed by atoms with E-state index in [9.17, 15) is 13.2 Å². The lowest BCUT2D eigenvalue weighted by Gasteiger charge is -2.26. The number of hydrogen-bond donors (Lipinski definition) is 1. The molecule has 104 valence electrons. The van der Waals surface area contributed by atoms with Gasteiger partial charge in [-0.15, -0.1) is 0 Å². The summed E-state index contributed by atoms with van der Waals surface area (Å²) in [7, 11) is -2.95. The number of amides is 1. The quantitative estimate of drug-likeness (QED) is 0.898. The van der Waals surface area contributed by atoms with Crippen molar-refractivity contribution < 1.29 is 13.2 Å². The lowest BCUT2D eigenvalue weighted by atomic mass is 10.2. The van der Waals surface area contributed by atoms with Gasteiger partial charge in [0.05, 0.1) is 11.5 Å². The first-order valence-corrected chi connectivity index (χ1v) is 8.17. The first-order chi connectivity index (χ1) is 9.02. The van der Waals surface area contributed by atoms with Crippen LogP contribution in [0.5, 0.6) is 0 Å². The number of nitrogens with one attached hydrogen (secondary N) is 1. The number of benzene rings is 1. The van der Waals surface area contributed by atoms with Crippen LogP contribution in [0.15, 0.2) is 24.3 Å². The molecule has 0 unspecified atom stereocenters. The summed E-state index contributed by atoms with van der Waals surface area (Å²) in [4.78, 5) is 13.8. The van der Waals surface area contributed by atoms with Crippen LogP contribution in [0.1, 0.15) is 17.3 Å². The van der Waals surface area contributed by atoms with Crippen LogP contribution in [0.2, 0.25) is 0 Å².